The molecule has 1 aromatic rings. The fourth-order valence-corrected chi connectivity index (χ4v) is 3.09. The van der Waals surface area contributed by atoms with Crippen LogP contribution in [0.25, 0.3) is 0 Å². The van der Waals surface area contributed by atoms with E-state index in [2.05, 4.69) is 62.0 Å². The second kappa shape index (κ2) is 7.81. The number of hydrogen-bond donors (Lipinski definition) is 0. The molecule has 2 rings (SSSR count). The van der Waals surface area contributed by atoms with E-state index in [-0.39, 0.29) is 0 Å². The van der Waals surface area contributed by atoms with Gasteiger partial charge in [-0.1, -0.05) is 19.1 Å². The summed E-state index contributed by atoms with van der Waals surface area (Å²) < 4.78 is 5.65. The average Bonchev–Trinajstić information content (AvgIpc) is 2.47. The third-order valence-corrected chi connectivity index (χ3v) is 4.42. The van der Waals surface area contributed by atoms with Crippen LogP contribution in [-0.4, -0.2) is 44.8 Å². The summed E-state index contributed by atoms with van der Waals surface area (Å²) in [5.74, 6) is 0.787. The maximum atomic E-state index is 5.65. The van der Waals surface area contributed by atoms with Gasteiger partial charge >= 0.3 is 0 Å². The van der Waals surface area contributed by atoms with Crippen molar-refractivity contribution in [1.29, 1.82) is 0 Å². The Hall–Kier alpha value is -1.06. The zero-order valence-electron chi connectivity index (χ0n) is 14.0. The Morgan fingerprint density at radius 1 is 1.19 bits per heavy atom. The van der Waals surface area contributed by atoms with Gasteiger partial charge in [-0.05, 0) is 49.9 Å². The quantitative estimate of drug-likeness (QED) is 0.798. The predicted molar refractivity (Wildman–Crippen MR) is 89.9 cm³/mol. The molecular weight excluding hydrogens is 260 g/mol. The van der Waals surface area contributed by atoms with Gasteiger partial charge in [0.1, 0.15) is 0 Å². The third kappa shape index (κ3) is 5.01. The third-order valence-electron chi connectivity index (χ3n) is 4.42. The molecule has 0 bridgehead atoms. The summed E-state index contributed by atoms with van der Waals surface area (Å²) in [5, 5.41) is 0. The predicted octanol–water partition coefficient (Wildman–Crippen LogP) is 3.39. The van der Waals surface area contributed by atoms with E-state index in [0.717, 1.165) is 25.6 Å². The number of anilines is 1. The fraction of sp³-hybridized carbons (Fsp3) is 0.667. The lowest BCUT2D eigenvalue weighted by Gasteiger charge is -2.32. The van der Waals surface area contributed by atoms with Crippen molar-refractivity contribution in [1.82, 2.24) is 4.90 Å². The second-order valence-corrected chi connectivity index (χ2v) is 6.46. The molecule has 0 spiro atoms. The molecule has 0 aliphatic carbocycles. The summed E-state index contributed by atoms with van der Waals surface area (Å²) in [5.41, 5.74) is 2.67. The van der Waals surface area contributed by atoms with Gasteiger partial charge in [-0.2, -0.15) is 0 Å². The summed E-state index contributed by atoms with van der Waals surface area (Å²) in [7, 11) is 4.17. The van der Waals surface area contributed by atoms with Crippen molar-refractivity contribution in [3.8, 4) is 0 Å². The molecule has 0 unspecified atom stereocenters. The van der Waals surface area contributed by atoms with Crippen molar-refractivity contribution in [3.05, 3.63) is 29.8 Å². The lowest BCUT2D eigenvalue weighted by molar-refractivity contribution is -0.00578. The summed E-state index contributed by atoms with van der Waals surface area (Å²) in [6.45, 7) is 8.75. The maximum Gasteiger partial charge on any atom is 0.0550 e. The van der Waals surface area contributed by atoms with Crippen molar-refractivity contribution < 1.29 is 4.74 Å². The van der Waals surface area contributed by atoms with E-state index in [1.807, 2.05) is 0 Å². The molecule has 118 valence electrons. The van der Waals surface area contributed by atoms with E-state index < -0.39 is 0 Å². The Kier molecular flexibility index (Phi) is 6.07. The lowest BCUT2D eigenvalue weighted by Crippen LogP contribution is -2.34. The van der Waals surface area contributed by atoms with Gasteiger partial charge in [-0.15, -0.1) is 0 Å². The van der Waals surface area contributed by atoms with Crippen LogP contribution in [0.5, 0.6) is 0 Å². The van der Waals surface area contributed by atoms with Gasteiger partial charge in [0.05, 0.1) is 6.10 Å². The van der Waals surface area contributed by atoms with Gasteiger partial charge in [0, 0.05) is 39.5 Å². The average molecular weight is 290 g/mol. The summed E-state index contributed by atoms with van der Waals surface area (Å²) >= 11 is 0. The molecular formula is C18H30N2O. The number of hydrogen-bond acceptors (Lipinski definition) is 3. The summed E-state index contributed by atoms with van der Waals surface area (Å²) in [6, 6.07) is 8.93. The smallest absolute Gasteiger partial charge is 0.0550 e. The van der Waals surface area contributed by atoms with Crippen LogP contribution in [0.4, 0.5) is 5.69 Å². The van der Waals surface area contributed by atoms with E-state index in [4.69, 9.17) is 4.74 Å². The number of benzene rings is 1. The number of nitrogens with zero attached hydrogens (tertiary/aromatic N) is 2. The minimum absolute atomic E-state index is 0.432. The van der Waals surface area contributed by atoms with Crippen LogP contribution in [0, 0.1) is 5.92 Å². The molecule has 1 aliphatic rings. The Morgan fingerprint density at radius 3 is 2.48 bits per heavy atom. The molecule has 0 saturated carbocycles. The maximum absolute atomic E-state index is 5.65. The van der Waals surface area contributed by atoms with Crippen LogP contribution in [0.3, 0.4) is 0 Å². The first-order chi connectivity index (χ1) is 10.1. The summed E-state index contributed by atoms with van der Waals surface area (Å²) in [4.78, 5) is 4.71. The highest BCUT2D eigenvalue weighted by Crippen LogP contribution is 2.22. The van der Waals surface area contributed by atoms with Gasteiger partial charge in [0.15, 0.2) is 0 Å². The zero-order valence-corrected chi connectivity index (χ0v) is 14.0. The fourth-order valence-electron chi connectivity index (χ4n) is 3.09. The Balaban J connectivity index is 1.89. The number of rotatable bonds is 6. The van der Waals surface area contributed by atoms with Crippen molar-refractivity contribution in [2.24, 2.45) is 5.92 Å². The van der Waals surface area contributed by atoms with Crippen molar-refractivity contribution in [2.45, 2.75) is 39.3 Å². The molecule has 1 heterocycles. The topological polar surface area (TPSA) is 15.7 Å². The van der Waals surface area contributed by atoms with E-state index in [1.165, 1.54) is 30.6 Å². The first-order valence-electron chi connectivity index (χ1n) is 8.18. The van der Waals surface area contributed by atoms with Crippen LogP contribution >= 0.6 is 0 Å². The molecule has 0 aromatic heterocycles. The normalized spacial score (nSPS) is 22.5. The highest BCUT2D eigenvalue weighted by molar-refractivity contribution is 5.45. The van der Waals surface area contributed by atoms with Gasteiger partial charge < -0.3 is 9.64 Å². The molecule has 0 N–H and O–H groups in total. The minimum atomic E-state index is 0.432. The van der Waals surface area contributed by atoms with Gasteiger partial charge in [0.25, 0.3) is 0 Å². The zero-order chi connectivity index (χ0) is 15.2. The molecule has 1 aromatic carbocycles. The molecule has 2 atom stereocenters. The molecule has 3 nitrogen and oxygen atoms in total. The lowest BCUT2D eigenvalue weighted by atomic mass is 9.95. The summed E-state index contributed by atoms with van der Waals surface area (Å²) in [6.07, 6.45) is 2.85. The van der Waals surface area contributed by atoms with E-state index >= 15 is 0 Å². The molecule has 21 heavy (non-hydrogen) atoms. The monoisotopic (exact) mass is 290 g/mol. The Labute approximate surface area is 129 Å². The van der Waals surface area contributed by atoms with Crippen LogP contribution in [0.2, 0.25) is 0 Å². The molecule has 1 aliphatic heterocycles. The van der Waals surface area contributed by atoms with Crippen molar-refractivity contribution >= 4 is 5.69 Å². The van der Waals surface area contributed by atoms with Crippen LogP contribution in [-0.2, 0) is 11.3 Å². The molecule has 0 radical (unpaired) electrons. The first kappa shape index (κ1) is 16.3. The molecule has 1 saturated heterocycles. The largest absolute Gasteiger partial charge is 0.378 e. The van der Waals surface area contributed by atoms with Gasteiger partial charge in [-0.3, -0.25) is 4.90 Å². The van der Waals surface area contributed by atoms with Crippen LogP contribution in [0.15, 0.2) is 24.3 Å². The van der Waals surface area contributed by atoms with Gasteiger partial charge in [0.2, 0.25) is 0 Å². The molecule has 3 heteroatoms. The Bertz CT molecular complexity index is 416. The highest BCUT2D eigenvalue weighted by Gasteiger charge is 2.21. The molecule has 0 amide bonds. The van der Waals surface area contributed by atoms with Crippen molar-refractivity contribution in [2.75, 3.05) is 38.7 Å². The minimum Gasteiger partial charge on any atom is -0.378 e. The van der Waals surface area contributed by atoms with Crippen LogP contribution < -0.4 is 4.90 Å². The van der Waals surface area contributed by atoms with Gasteiger partial charge in [-0.25, -0.2) is 0 Å². The van der Waals surface area contributed by atoms with E-state index in [1.54, 1.807) is 0 Å². The standard InChI is InChI=1S/C18H30N2O/c1-5-20(14-17-10-11-21-15(2)12-17)13-16-6-8-18(9-7-16)19(3)4/h6-9,15,17H,5,10-14H2,1-4H3/t15-,17+/m0/s1. The Morgan fingerprint density at radius 2 is 1.90 bits per heavy atom. The highest BCUT2D eigenvalue weighted by atomic mass is 16.5. The SMILES string of the molecule is CCN(Cc1ccc(N(C)C)cc1)C[C@@H]1CCO[C@@H](C)C1. The number of ether oxygens (including phenoxy) is 1. The second-order valence-electron chi connectivity index (χ2n) is 6.46. The first-order valence-corrected chi connectivity index (χ1v) is 8.18. The molecule has 1 fully saturated rings. The van der Waals surface area contributed by atoms with E-state index in [9.17, 15) is 0 Å². The van der Waals surface area contributed by atoms with E-state index in [0.29, 0.717) is 6.10 Å². The van der Waals surface area contributed by atoms with Crippen molar-refractivity contribution in [3.63, 3.8) is 0 Å². The van der Waals surface area contributed by atoms with Crippen LogP contribution in [0.1, 0.15) is 32.3 Å².